The largest absolute Gasteiger partial charge is 0.303 e. The molecule has 3 nitrogen and oxygen atoms in total. The Kier molecular flexibility index (Phi) is 4.53. The van der Waals surface area contributed by atoms with Gasteiger partial charge in [-0.1, -0.05) is 48.0 Å². The number of amides is 1. The molecule has 1 heterocycles. The van der Waals surface area contributed by atoms with Crippen LogP contribution in [0, 0.1) is 13.8 Å². The molecule has 0 unspecified atom stereocenters. The fraction of sp³-hybridized carbons (Fsp3) is 0.158. The first-order valence-electron chi connectivity index (χ1n) is 7.47. The van der Waals surface area contributed by atoms with Crippen LogP contribution in [0.1, 0.15) is 26.5 Å². The fourth-order valence-electron chi connectivity index (χ4n) is 2.40. The van der Waals surface area contributed by atoms with E-state index in [1.165, 1.54) is 16.9 Å². The molecular weight excluding hydrogens is 304 g/mol. The van der Waals surface area contributed by atoms with Crippen molar-refractivity contribution in [3.63, 3.8) is 0 Å². The third-order valence-corrected chi connectivity index (χ3v) is 4.63. The SMILES string of the molecule is Cc1ccc(N(Cc2ccccc2)C(=O)c2scnc2C)cc1. The molecule has 23 heavy (non-hydrogen) atoms. The zero-order chi connectivity index (χ0) is 16.2. The first-order valence-corrected chi connectivity index (χ1v) is 8.35. The van der Waals surface area contributed by atoms with Gasteiger partial charge in [-0.3, -0.25) is 4.79 Å². The van der Waals surface area contributed by atoms with Gasteiger partial charge < -0.3 is 4.90 Å². The third-order valence-electron chi connectivity index (χ3n) is 3.71. The van der Waals surface area contributed by atoms with Gasteiger partial charge in [-0.05, 0) is 31.5 Å². The smallest absolute Gasteiger partial charge is 0.270 e. The van der Waals surface area contributed by atoms with Crippen LogP contribution in [-0.4, -0.2) is 10.9 Å². The van der Waals surface area contributed by atoms with Crippen molar-refractivity contribution in [2.75, 3.05) is 4.90 Å². The summed E-state index contributed by atoms with van der Waals surface area (Å²) in [5, 5.41) is 0. The van der Waals surface area contributed by atoms with Gasteiger partial charge in [-0.2, -0.15) is 0 Å². The Balaban J connectivity index is 1.97. The summed E-state index contributed by atoms with van der Waals surface area (Å²) in [7, 11) is 0. The fourth-order valence-corrected chi connectivity index (χ4v) is 3.15. The van der Waals surface area contributed by atoms with E-state index in [-0.39, 0.29) is 5.91 Å². The molecule has 0 atom stereocenters. The highest BCUT2D eigenvalue weighted by molar-refractivity contribution is 7.12. The molecule has 0 bridgehead atoms. The van der Waals surface area contributed by atoms with Crippen LogP contribution in [0.15, 0.2) is 60.1 Å². The molecule has 0 fully saturated rings. The van der Waals surface area contributed by atoms with Crippen molar-refractivity contribution in [1.82, 2.24) is 4.98 Å². The summed E-state index contributed by atoms with van der Waals surface area (Å²) in [6.07, 6.45) is 0. The van der Waals surface area contributed by atoms with Crippen LogP contribution < -0.4 is 4.90 Å². The van der Waals surface area contributed by atoms with Crippen LogP contribution in [0.25, 0.3) is 0 Å². The number of anilines is 1. The van der Waals surface area contributed by atoms with Crippen molar-refractivity contribution in [3.05, 3.63) is 81.8 Å². The summed E-state index contributed by atoms with van der Waals surface area (Å²) in [6, 6.07) is 18.1. The summed E-state index contributed by atoms with van der Waals surface area (Å²) in [4.78, 5) is 19.7. The minimum atomic E-state index is -0.00212. The number of thiazole rings is 1. The van der Waals surface area contributed by atoms with Crippen LogP contribution >= 0.6 is 11.3 Å². The van der Waals surface area contributed by atoms with Gasteiger partial charge in [0.1, 0.15) is 4.88 Å². The number of aryl methyl sites for hydroxylation is 2. The van der Waals surface area contributed by atoms with Gasteiger partial charge in [0, 0.05) is 5.69 Å². The van der Waals surface area contributed by atoms with Gasteiger partial charge in [0.25, 0.3) is 5.91 Å². The van der Waals surface area contributed by atoms with Crippen LogP contribution in [0.5, 0.6) is 0 Å². The predicted molar refractivity (Wildman–Crippen MR) is 95.0 cm³/mol. The van der Waals surface area contributed by atoms with Gasteiger partial charge in [0.05, 0.1) is 17.7 Å². The Morgan fingerprint density at radius 2 is 1.74 bits per heavy atom. The van der Waals surface area contributed by atoms with E-state index in [0.717, 1.165) is 16.9 Å². The van der Waals surface area contributed by atoms with Crippen LogP contribution in [0.3, 0.4) is 0 Å². The molecule has 0 radical (unpaired) electrons. The lowest BCUT2D eigenvalue weighted by Crippen LogP contribution is -2.30. The maximum atomic E-state index is 13.0. The van der Waals surface area contributed by atoms with Crippen molar-refractivity contribution < 1.29 is 4.79 Å². The van der Waals surface area contributed by atoms with Gasteiger partial charge in [-0.15, -0.1) is 11.3 Å². The molecule has 2 aromatic carbocycles. The lowest BCUT2D eigenvalue weighted by molar-refractivity contribution is 0.0988. The van der Waals surface area contributed by atoms with Crippen molar-refractivity contribution in [1.29, 1.82) is 0 Å². The van der Waals surface area contributed by atoms with E-state index < -0.39 is 0 Å². The number of carbonyl (C=O) groups excluding carboxylic acids is 1. The number of nitrogens with zero attached hydrogens (tertiary/aromatic N) is 2. The highest BCUT2D eigenvalue weighted by atomic mass is 32.1. The molecule has 1 amide bonds. The molecule has 116 valence electrons. The Bertz CT molecular complexity index is 794. The molecule has 0 saturated heterocycles. The van der Waals surface area contributed by atoms with Crippen LogP contribution in [-0.2, 0) is 6.54 Å². The van der Waals surface area contributed by atoms with E-state index in [1.54, 1.807) is 5.51 Å². The van der Waals surface area contributed by atoms with Crippen molar-refractivity contribution in [2.45, 2.75) is 20.4 Å². The Morgan fingerprint density at radius 3 is 2.35 bits per heavy atom. The highest BCUT2D eigenvalue weighted by Crippen LogP contribution is 2.23. The minimum absolute atomic E-state index is 0.00212. The molecule has 0 spiro atoms. The third kappa shape index (κ3) is 3.48. The van der Waals surface area contributed by atoms with E-state index in [9.17, 15) is 4.79 Å². The minimum Gasteiger partial charge on any atom is -0.303 e. The quantitative estimate of drug-likeness (QED) is 0.703. The average molecular weight is 322 g/mol. The molecule has 0 N–H and O–H groups in total. The predicted octanol–water partition coefficient (Wildman–Crippen LogP) is 4.61. The van der Waals surface area contributed by atoms with E-state index in [1.807, 2.05) is 73.3 Å². The first-order chi connectivity index (χ1) is 11.1. The van der Waals surface area contributed by atoms with Gasteiger partial charge in [0.15, 0.2) is 0 Å². The molecule has 3 rings (SSSR count). The van der Waals surface area contributed by atoms with Crippen LogP contribution in [0.4, 0.5) is 5.69 Å². The maximum Gasteiger partial charge on any atom is 0.270 e. The summed E-state index contributed by atoms with van der Waals surface area (Å²) in [6.45, 7) is 4.46. The summed E-state index contributed by atoms with van der Waals surface area (Å²) < 4.78 is 0. The van der Waals surface area contributed by atoms with Crippen molar-refractivity contribution in [3.8, 4) is 0 Å². The normalized spacial score (nSPS) is 10.5. The van der Waals surface area contributed by atoms with E-state index >= 15 is 0 Å². The van der Waals surface area contributed by atoms with Crippen molar-refractivity contribution in [2.24, 2.45) is 0 Å². The number of aromatic nitrogens is 1. The maximum absolute atomic E-state index is 13.0. The molecule has 0 aliphatic carbocycles. The van der Waals surface area contributed by atoms with E-state index in [2.05, 4.69) is 4.98 Å². The van der Waals surface area contributed by atoms with Gasteiger partial charge in [-0.25, -0.2) is 4.98 Å². The second-order valence-corrected chi connectivity index (χ2v) is 6.33. The molecule has 0 aliphatic rings. The Morgan fingerprint density at radius 1 is 1.04 bits per heavy atom. The molecule has 4 heteroatoms. The van der Waals surface area contributed by atoms with Gasteiger partial charge in [0.2, 0.25) is 0 Å². The molecular formula is C19H18N2OS. The lowest BCUT2D eigenvalue weighted by atomic mass is 10.1. The summed E-state index contributed by atoms with van der Waals surface area (Å²) in [5.74, 6) is -0.00212. The Hall–Kier alpha value is -2.46. The zero-order valence-corrected chi connectivity index (χ0v) is 14.0. The number of carbonyl (C=O) groups is 1. The topological polar surface area (TPSA) is 33.2 Å². The number of hydrogen-bond acceptors (Lipinski definition) is 3. The number of hydrogen-bond donors (Lipinski definition) is 0. The van der Waals surface area contributed by atoms with E-state index in [0.29, 0.717) is 11.4 Å². The number of benzene rings is 2. The Labute approximate surface area is 140 Å². The van der Waals surface area contributed by atoms with Crippen molar-refractivity contribution >= 4 is 22.9 Å². The summed E-state index contributed by atoms with van der Waals surface area (Å²) in [5.41, 5.74) is 5.68. The second kappa shape index (κ2) is 6.75. The van der Waals surface area contributed by atoms with E-state index in [4.69, 9.17) is 0 Å². The highest BCUT2D eigenvalue weighted by Gasteiger charge is 2.21. The van der Waals surface area contributed by atoms with Crippen LogP contribution in [0.2, 0.25) is 0 Å². The second-order valence-electron chi connectivity index (χ2n) is 5.48. The molecule has 1 aromatic heterocycles. The molecule has 0 saturated carbocycles. The van der Waals surface area contributed by atoms with Gasteiger partial charge >= 0.3 is 0 Å². The number of rotatable bonds is 4. The average Bonchev–Trinajstić information content (AvgIpc) is 3.00. The molecule has 3 aromatic rings. The first kappa shape index (κ1) is 15.4. The molecule has 0 aliphatic heterocycles. The standard InChI is InChI=1S/C19H18N2OS/c1-14-8-10-17(11-9-14)21(12-16-6-4-3-5-7-16)19(22)18-15(2)20-13-23-18/h3-11,13H,12H2,1-2H3. The lowest BCUT2D eigenvalue weighted by Gasteiger charge is -2.23. The summed E-state index contributed by atoms with van der Waals surface area (Å²) >= 11 is 1.39. The zero-order valence-electron chi connectivity index (χ0n) is 13.2. The monoisotopic (exact) mass is 322 g/mol.